The molecule has 0 amide bonds. The fraction of sp³-hybridized carbons (Fsp3) is 0.667. The lowest BCUT2D eigenvalue weighted by Gasteiger charge is -2.27. The van der Waals surface area contributed by atoms with Crippen LogP contribution < -0.4 is 5.73 Å². The number of nitrogens with two attached hydrogens (primary N) is 1. The lowest BCUT2D eigenvalue weighted by Crippen LogP contribution is -2.19. The molecule has 2 unspecified atom stereocenters. The molecule has 1 fully saturated rings. The molecule has 3 atom stereocenters. The van der Waals surface area contributed by atoms with Crippen molar-refractivity contribution in [3.05, 3.63) is 23.3 Å². The third kappa shape index (κ3) is 2.95. The van der Waals surface area contributed by atoms with Crippen LogP contribution in [0.4, 0.5) is 0 Å². The molecule has 0 radical (unpaired) electrons. The number of aryl methyl sites for hydroxylation is 1. The molecule has 2 N–H and O–H groups in total. The first-order valence-electron chi connectivity index (χ1n) is 5.92. The SMILES string of the molecule is Cc1nc(C2SCCSC2C)ncc1[C@@H](C)N. The van der Waals surface area contributed by atoms with E-state index in [0.29, 0.717) is 10.5 Å². The zero-order valence-corrected chi connectivity index (χ0v) is 12.1. The number of rotatable bonds is 2. The van der Waals surface area contributed by atoms with E-state index in [0.717, 1.165) is 17.1 Å². The highest BCUT2D eigenvalue weighted by molar-refractivity contribution is 8.06. The molecule has 1 aliphatic rings. The fourth-order valence-corrected chi connectivity index (χ4v) is 4.69. The Hall–Kier alpha value is -0.260. The molecule has 0 aromatic carbocycles. The molecule has 2 rings (SSSR count). The lowest BCUT2D eigenvalue weighted by atomic mass is 10.1. The van der Waals surface area contributed by atoms with Crippen molar-refractivity contribution in [1.29, 1.82) is 0 Å². The molecule has 94 valence electrons. The Bertz CT molecular complexity index is 395. The van der Waals surface area contributed by atoms with Crippen LogP contribution in [0.2, 0.25) is 0 Å². The van der Waals surface area contributed by atoms with Crippen LogP contribution in [0.1, 0.15) is 42.2 Å². The molecule has 0 aliphatic carbocycles. The lowest BCUT2D eigenvalue weighted by molar-refractivity contribution is 0.756. The van der Waals surface area contributed by atoms with Crippen LogP contribution >= 0.6 is 23.5 Å². The van der Waals surface area contributed by atoms with Crippen LogP contribution in [-0.4, -0.2) is 26.7 Å². The summed E-state index contributed by atoms with van der Waals surface area (Å²) in [4.78, 5) is 9.15. The van der Waals surface area contributed by atoms with Gasteiger partial charge in [-0.05, 0) is 13.8 Å². The maximum Gasteiger partial charge on any atom is 0.142 e. The number of nitrogens with zero attached hydrogens (tertiary/aromatic N) is 2. The van der Waals surface area contributed by atoms with Crippen molar-refractivity contribution in [3.8, 4) is 0 Å². The van der Waals surface area contributed by atoms with Crippen LogP contribution in [-0.2, 0) is 0 Å². The highest BCUT2D eigenvalue weighted by atomic mass is 32.2. The van der Waals surface area contributed by atoms with Crippen LogP contribution in [0.5, 0.6) is 0 Å². The topological polar surface area (TPSA) is 51.8 Å². The normalized spacial score (nSPS) is 26.8. The smallest absolute Gasteiger partial charge is 0.142 e. The Morgan fingerprint density at radius 1 is 1.41 bits per heavy atom. The Kier molecular flexibility index (Phi) is 4.33. The van der Waals surface area contributed by atoms with Crippen LogP contribution in [0.25, 0.3) is 0 Å². The maximum absolute atomic E-state index is 5.88. The summed E-state index contributed by atoms with van der Waals surface area (Å²) in [6.45, 7) is 6.26. The summed E-state index contributed by atoms with van der Waals surface area (Å²) >= 11 is 3.98. The second-order valence-electron chi connectivity index (χ2n) is 4.42. The van der Waals surface area contributed by atoms with E-state index in [-0.39, 0.29) is 6.04 Å². The molecule has 1 aliphatic heterocycles. The van der Waals surface area contributed by atoms with Crippen molar-refractivity contribution in [2.75, 3.05) is 11.5 Å². The molecular formula is C12H19N3S2. The highest BCUT2D eigenvalue weighted by Crippen LogP contribution is 2.41. The average Bonchev–Trinajstić information content (AvgIpc) is 2.29. The van der Waals surface area contributed by atoms with E-state index in [1.54, 1.807) is 0 Å². The van der Waals surface area contributed by atoms with E-state index in [2.05, 4.69) is 16.9 Å². The summed E-state index contributed by atoms with van der Waals surface area (Å²) in [5.41, 5.74) is 7.95. The van der Waals surface area contributed by atoms with E-state index < -0.39 is 0 Å². The minimum Gasteiger partial charge on any atom is -0.324 e. The Morgan fingerprint density at radius 3 is 2.71 bits per heavy atom. The Morgan fingerprint density at radius 2 is 2.12 bits per heavy atom. The van der Waals surface area contributed by atoms with Gasteiger partial charge in [0.15, 0.2) is 0 Å². The predicted molar refractivity (Wildman–Crippen MR) is 76.5 cm³/mol. The van der Waals surface area contributed by atoms with Crippen molar-refractivity contribution in [1.82, 2.24) is 9.97 Å². The van der Waals surface area contributed by atoms with Gasteiger partial charge in [-0.1, -0.05) is 6.92 Å². The highest BCUT2D eigenvalue weighted by Gasteiger charge is 2.26. The third-order valence-corrected chi connectivity index (χ3v) is 6.06. The number of hydrogen-bond acceptors (Lipinski definition) is 5. The monoisotopic (exact) mass is 269 g/mol. The van der Waals surface area contributed by atoms with Gasteiger partial charge in [-0.3, -0.25) is 0 Å². The van der Waals surface area contributed by atoms with Crippen molar-refractivity contribution < 1.29 is 0 Å². The predicted octanol–water partition coefficient (Wildman–Crippen LogP) is 2.71. The summed E-state index contributed by atoms with van der Waals surface area (Å²) in [6, 6.07) is 0.00913. The van der Waals surface area contributed by atoms with Gasteiger partial charge in [-0.25, -0.2) is 9.97 Å². The molecule has 0 bridgehead atoms. The summed E-state index contributed by atoms with van der Waals surface area (Å²) < 4.78 is 0. The van der Waals surface area contributed by atoms with Crippen LogP contribution in [0.15, 0.2) is 6.20 Å². The summed E-state index contributed by atoms with van der Waals surface area (Å²) in [7, 11) is 0. The standard InChI is InChI=1S/C12H19N3S2/c1-7(13)10-6-14-12(15-8(10)2)11-9(3)16-4-5-17-11/h6-7,9,11H,4-5,13H2,1-3H3/t7-,9?,11?/m1/s1. The van der Waals surface area contributed by atoms with Crippen LogP contribution in [0, 0.1) is 6.92 Å². The molecule has 17 heavy (non-hydrogen) atoms. The van der Waals surface area contributed by atoms with Crippen molar-refractivity contribution in [2.24, 2.45) is 5.73 Å². The first-order valence-corrected chi connectivity index (χ1v) is 8.01. The fourth-order valence-electron chi connectivity index (χ4n) is 1.99. The van der Waals surface area contributed by atoms with Crippen molar-refractivity contribution in [2.45, 2.75) is 37.3 Å². The quantitative estimate of drug-likeness (QED) is 0.894. The van der Waals surface area contributed by atoms with E-state index in [4.69, 9.17) is 5.73 Å². The second kappa shape index (κ2) is 5.59. The van der Waals surface area contributed by atoms with Crippen molar-refractivity contribution in [3.63, 3.8) is 0 Å². The largest absolute Gasteiger partial charge is 0.324 e. The molecule has 1 aromatic rings. The van der Waals surface area contributed by atoms with Crippen molar-refractivity contribution >= 4 is 23.5 Å². The maximum atomic E-state index is 5.88. The first kappa shape index (κ1) is 13.2. The van der Waals surface area contributed by atoms with Gasteiger partial charge in [0.25, 0.3) is 0 Å². The molecule has 5 heteroatoms. The zero-order chi connectivity index (χ0) is 12.4. The molecular weight excluding hydrogens is 250 g/mol. The Labute approximate surface area is 111 Å². The molecule has 3 nitrogen and oxygen atoms in total. The van der Waals surface area contributed by atoms with Gasteiger partial charge in [0.2, 0.25) is 0 Å². The molecule has 1 aromatic heterocycles. The van der Waals surface area contributed by atoms with E-state index in [1.807, 2.05) is 43.6 Å². The van der Waals surface area contributed by atoms with Gasteiger partial charge in [-0.15, -0.1) is 11.8 Å². The third-order valence-electron chi connectivity index (χ3n) is 2.97. The number of aromatic nitrogens is 2. The van der Waals surface area contributed by atoms with E-state index in [1.165, 1.54) is 11.5 Å². The minimum atomic E-state index is 0.00913. The van der Waals surface area contributed by atoms with E-state index >= 15 is 0 Å². The first-order chi connectivity index (χ1) is 8.09. The number of thioether (sulfide) groups is 2. The van der Waals surface area contributed by atoms with Gasteiger partial charge in [-0.2, -0.15) is 11.8 Å². The zero-order valence-electron chi connectivity index (χ0n) is 10.5. The average molecular weight is 269 g/mol. The minimum absolute atomic E-state index is 0.00913. The second-order valence-corrected chi connectivity index (χ2v) is 7.16. The van der Waals surface area contributed by atoms with Gasteiger partial charge in [0.1, 0.15) is 5.82 Å². The van der Waals surface area contributed by atoms with Gasteiger partial charge >= 0.3 is 0 Å². The van der Waals surface area contributed by atoms with Gasteiger partial charge in [0.05, 0.1) is 5.25 Å². The van der Waals surface area contributed by atoms with Gasteiger partial charge in [0, 0.05) is 40.3 Å². The molecule has 0 saturated carbocycles. The summed E-state index contributed by atoms with van der Waals surface area (Å²) in [5, 5.41) is 1.02. The van der Waals surface area contributed by atoms with Gasteiger partial charge < -0.3 is 5.73 Å². The summed E-state index contributed by atoms with van der Waals surface area (Å²) in [6.07, 6.45) is 1.90. The number of hydrogen-bond donors (Lipinski definition) is 1. The Balaban J connectivity index is 2.24. The van der Waals surface area contributed by atoms with E-state index in [9.17, 15) is 0 Å². The summed E-state index contributed by atoms with van der Waals surface area (Å²) in [5.74, 6) is 3.40. The molecule has 1 saturated heterocycles. The van der Waals surface area contributed by atoms with Crippen LogP contribution in [0.3, 0.4) is 0 Å². The molecule has 2 heterocycles. The molecule has 0 spiro atoms.